The maximum Gasteiger partial charge on any atom is 0.453 e. The van der Waals surface area contributed by atoms with Crippen LogP contribution in [0.25, 0.3) is 44.8 Å². The molecular formula is C83H77F6N29S. The summed E-state index contributed by atoms with van der Waals surface area (Å²) in [6.07, 6.45) is 1.92. The molecule has 19 aromatic rings. The van der Waals surface area contributed by atoms with Crippen LogP contribution in [0.1, 0.15) is 79.5 Å². The van der Waals surface area contributed by atoms with Crippen molar-refractivity contribution in [3.63, 3.8) is 0 Å². The average molecular weight is 1630 g/mol. The van der Waals surface area contributed by atoms with E-state index in [2.05, 4.69) is 210 Å². The van der Waals surface area contributed by atoms with Crippen LogP contribution in [0.2, 0.25) is 0 Å². The van der Waals surface area contributed by atoms with E-state index in [1.165, 1.54) is 75.1 Å². The SMILES string of the molecule is Cc1cc(C)cc(Nc2cc(C)nc3nc(C)nn23)c1.Cc1cc(Nc2cc(F)c(C)c(F)c2)n2ncnc2n1.Cc1cc(Nc2ccc(F)cc2)n2nc(C)nc2n1.Cc1cc(Nc2ccc3sccc3c2)n2ncnc2n1.Cc1ccc(Nc2cc(C)nc3nc(C(F)(F)F)nn23)cc1.Cc1ccc(Nc2cc(C)nc3nccn23)cc1. The van der Waals surface area contributed by atoms with Crippen molar-refractivity contribution in [2.24, 2.45) is 0 Å². The molecule has 0 fully saturated rings. The number of rotatable bonds is 12. The van der Waals surface area contributed by atoms with Crippen LogP contribution in [0.5, 0.6) is 0 Å². The zero-order valence-corrected chi connectivity index (χ0v) is 67.3. The summed E-state index contributed by atoms with van der Waals surface area (Å²) in [6.45, 7) is 24.5. The van der Waals surface area contributed by atoms with E-state index in [4.69, 9.17) is 0 Å². The molecule has 0 aliphatic rings. The van der Waals surface area contributed by atoms with Crippen LogP contribution < -0.4 is 31.9 Å². The van der Waals surface area contributed by atoms with Crippen molar-refractivity contribution in [1.29, 1.82) is 0 Å². The molecule has 0 saturated carbocycles. The van der Waals surface area contributed by atoms with Crippen LogP contribution in [0.15, 0.2) is 194 Å². The van der Waals surface area contributed by atoms with E-state index in [-0.39, 0.29) is 17.2 Å². The van der Waals surface area contributed by atoms with Gasteiger partial charge in [0.05, 0.1) is 0 Å². The maximum absolute atomic E-state index is 13.5. The molecule has 0 atom stereocenters. The van der Waals surface area contributed by atoms with Crippen molar-refractivity contribution < 1.29 is 26.3 Å². The fourth-order valence-corrected chi connectivity index (χ4v) is 13.0. The van der Waals surface area contributed by atoms with Crippen LogP contribution in [0.4, 0.5) is 95.4 Å². The predicted molar refractivity (Wildman–Crippen MR) is 447 cm³/mol. The van der Waals surface area contributed by atoms with E-state index in [1.807, 2.05) is 108 Å². The lowest BCUT2D eigenvalue weighted by Gasteiger charge is -2.10. The average Bonchev–Trinajstić information content (AvgIpc) is 1.65. The third-order valence-corrected chi connectivity index (χ3v) is 18.5. The molecule has 0 aliphatic carbocycles. The van der Waals surface area contributed by atoms with Crippen LogP contribution in [0, 0.1) is 107 Å². The number of nitrogens with zero attached hydrogens (tertiary/aromatic N) is 23. The predicted octanol–water partition coefficient (Wildman–Crippen LogP) is 18.5. The largest absolute Gasteiger partial charge is 0.453 e. The highest BCUT2D eigenvalue weighted by Crippen LogP contribution is 2.31. The molecule has 0 unspecified atom stereocenters. The Balaban J connectivity index is 0.000000117. The van der Waals surface area contributed by atoms with Gasteiger partial charge in [0.15, 0.2) is 0 Å². The molecule has 0 aliphatic heterocycles. The minimum absolute atomic E-state index is 0.00707. The molecule has 13 heterocycles. The number of aromatic nitrogens is 23. The number of halogens is 6. The van der Waals surface area contributed by atoms with Crippen molar-refractivity contribution >= 4 is 125 Å². The summed E-state index contributed by atoms with van der Waals surface area (Å²) in [5.74, 6) is 5.84. The van der Waals surface area contributed by atoms with Gasteiger partial charge in [0.2, 0.25) is 5.78 Å². The summed E-state index contributed by atoms with van der Waals surface area (Å²) in [6, 6.07) is 50.3. The highest BCUT2D eigenvalue weighted by Gasteiger charge is 2.37. The van der Waals surface area contributed by atoms with E-state index < -0.39 is 23.6 Å². The highest BCUT2D eigenvalue weighted by atomic mass is 32.1. The van der Waals surface area contributed by atoms with Crippen molar-refractivity contribution in [1.82, 2.24) is 112 Å². The molecule has 0 saturated heterocycles. The van der Waals surface area contributed by atoms with Gasteiger partial charge in [-0.15, -0.1) is 26.6 Å². The van der Waals surface area contributed by atoms with Gasteiger partial charge in [-0.25, -0.2) is 48.1 Å². The molecule has 602 valence electrons. The van der Waals surface area contributed by atoms with Gasteiger partial charge < -0.3 is 31.9 Å². The van der Waals surface area contributed by atoms with E-state index in [0.717, 1.165) is 90.3 Å². The Bertz CT molecular complexity index is 6810. The molecule has 6 N–H and O–H groups in total. The molecular weight excluding hydrogens is 1550 g/mol. The topological polar surface area (TPSA) is 318 Å². The standard InChI is InChI=1S/C15H17N5.C14H12F3N5.C14H11N5S.C14H14N4.C13H11F2N5.C13H12FN5/c1-9-5-10(2)7-13(6-9)18-14-8-11(3)16-15-17-12(4)19-20(14)15;1-8-3-5-10(6-4-8)19-11-7-9(2)18-13-20-12(14(15,16)17)21-22(11)13;1-9-6-13(19-14(17-9)15-8-16-19)18-11-2-3-12-10(7-11)4-5-20-12;1-10-3-5-12(6-4-10)17-13-9-11(2)16-14-15-7-8-18(13)14;1-7-3-12(20-13(18-7)16-6-17-20)19-9-4-10(14)8(2)11(15)5-9;1-8-7-12(17-11-5-3-10(14)4-6-11)19-13(15-8)16-9(2)18-19/h5-8,18H,1-4H3;3-7,19H,1-2H3;2-8,18H,1H3;3-9,17H,1-2H3;3-6,19H,1-2H3;3-7,17H,1-2H3. The molecule has 0 radical (unpaired) electrons. The van der Waals surface area contributed by atoms with Gasteiger partial charge in [-0.2, -0.15) is 70.9 Å². The Morgan fingerprint density at radius 1 is 0.328 bits per heavy atom. The Kier molecular flexibility index (Phi) is 23.5. The maximum atomic E-state index is 13.5. The Hall–Kier alpha value is -15.0. The lowest BCUT2D eigenvalue weighted by Crippen LogP contribution is -2.08. The third kappa shape index (κ3) is 19.9. The van der Waals surface area contributed by atoms with Gasteiger partial charge in [-0.05, 0) is 209 Å². The summed E-state index contributed by atoms with van der Waals surface area (Å²) >= 11 is 1.74. The van der Waals surface area contributed by atoms with Crippen LogP contribution in [-0.2, 0) is 6.18 Å². The number of hydrogen-bond acceptors (Lipinski definition) is 24. The van der Waals surface area contributed by atoms with Gasteiger partial charge in [0, 0.05) is 127 Å². The van der Waals surface area contributed by atoms with Crippen molar-refractivity contribution in [2.45, 2.75) is 96.2 Å². The van der Waals surface area contributed by atoms with Crippen molar-refractivity contribution in [3.8, 4) is 0 Å². The van der Waals surface area contributed by atoms with Gasteiger partial charge >= 0.3 is 6.18 Å². The second-order valence-electron chi connectivity index (χ2n) is 27.7. The fraction of sp³-hybridized carbons (Fsp3) is 0.169. The number of nitrogens with one attached hydrogen (secondary N) is 6. The number of alkyl halides is 3. The number of thiophene rings is 1. The summed E-state index contributed by atoms with van der Waals surface area (Å²) in [4.78, 5) is 49.8. The van der Waals surface area contributed by atoms with E-state index >= 15 is 0 Å². The number of hydrogen-bond donors (Lipinski definition) is 6. The van der Waals surface area contributed by atoms with E-state index in [9.17, 15) is 26.3 Å². The summed E-state index contributed by atoms with van der Waals surface area (Å²) in [7, 11) is 0. The lowest BCUT2D eigenvalue weighted by molar-refractivity contribution is -0.144. The summed E-state index contributed by atoms with van der Waals surface area (Å²) in [5, 5.41) is 43.0. The molecule has 19 rings (SSSR count). The summed E-state index contributed by atoms with van der Waals surface area (Å²) in [5.41, 5.74) is 14.6. The van der Waals surface area contributed by atoms with E-state index in [1.54, 1.807) is 69.2 Å². The molecule has 13 aromatic heterocycles. The fourth-order valence-electron chi connectivity index (χ4n) is 12.2. The second-order valence-corrected chi connectivity index (χ2v) is 28.7. The first-order valence-corrected chi connectivity index (χ1v) is 37.8. The first-order chi connectivity index (χ1) is 57.0. The Morgan fingerprint density at radius 2 is 0.714 bits per heavy atom. The van der Waals surface area contributed by atoms with Gasteiger partial charge in [-0.3, -0.25) is 4.40 Å². The Labute approximate surface area is 679 Å². The monoisotopic (exact) mass is 1630 g/mol. The van der Waals surface area contributed by atoms with E-state index in [0.29, 0.717) is 63.6 Å². The number of aryl methyl sites for hydroxylation is 12. The minimum Gasteiger partial charge on any atom is -0.341 e. The second kappa shape index (κ2) is 34.6. The van der Waals surface area contributed by atoms with Crippen LogP contribution in [-0.4, -0.2) is 112 Å². The molecule has 6 aromatic carbocycles. The molecule has 0 spiro atoms. The van der Waals surface area contributed by atoms with Crippen LogP contribution in [0.3, 0.4) is 0 Å². The molecule has 119 heavy (non-hydrogen) atoms. The number of fused-ring (bicyclic) bond motifs is 7. The highest BCUT2D eigenvalue weighted by molar-refractivity contribution is 7.17. The third-order valence-electron chi connectivity index (χ3n) is 17.6. The smallest absolute Gasteiger partial charge is 0.341 e. The quantitative estimate of drug-likeness (QED) is 0.0619. The number of benzene rings is 6. The first-order valence-electron chi connectivity index (χ1n) is 36.9. The van der Waals surface area contributed by atoms with Gasteiger partial charge in [-0.1, -0.05) is 41.5 Å². The van der Waals surface area contributed by atoms with Gasteiger partial charge in [0.25, 0.3) is 34.7 Å². The molecule has 36 heteroatoms. The van der Waals surface area contributed by atoms with Gasteiger partial charge in [0.1, 0.15) is 76.7 Å². The first kappa shape index (κ1) is 80.6. The molecule has 29 nitrogen and oxygen atoms in total. The number of anilines is 12. The zero-order valence-electron chi connectivity index (χ0n) is 66.4. The van der Waals surface area contributed by atoms with Crippen molar-refractivity contribution in [2.75, 3.05) is 31.9 Å². The molecule has 0 bridgehead atoms. The summed E-state index contributed by atoms with van der Waals surface area (Å²) < 4.78 is 89.0. The zero-order chi connectivity index (χ0) is 83.9. The lowest BCUT2D eigenvalue weighted by atomic mass is 10.1. The minimum atomic E-state index is -4.61. The Morgan fingerprint density at radius 3 is 1.19 bits per heavy atom. The molecule has 0 amide bonds. The number of imidazole rings is 1. The van der Waals surface area contributed by atoms with Crippen LogP contribution >= 0.6 is 11.3 Å². The van der Waals surface area contributed by atoms with Crippen molar-refractivity contribution in [3.05, 3.63) is 291 Å². The normalized spacial score (nSPS) is 11.2.